The predicted octanol–water partition coefficient (Wildman–Crippen LogP) is 3.08. The number of nitrogens with two attached hydrogens (primary N) is 1. The van der Waals surface area contributed by atoms with Crippen LogP contribution in [0.3, 0.4) is 0 Å². The minimum absolute atomic E-state index is 0.153. The zero-order valence-corrected chi connectivity index (χ0v) is 14.0. The predicted molar refractivity (Wildman–Crippen MR) is 88.6 cm³/mol. The molecule has 0 saturated carbocycles. The highest BCUT2D eigenvalue weighted by Gasteiger charge is 2.24. The summed E-state index contributed by atoms with van der Waals surface area (Å²) in [5.74, 6) is -0.384. The highest BCUT2D eigenvalue weighted by molar-refractivity contribution is 5.75. The Morgan fingerprint density at radius 1 is 1.18 bits per heavy atom. The second-order valence-electron chi connectivity index (χ2n) is 5.74. The lowest BCUT2D eigenvalue weighted by Gasteiger charge is -2.25. The van der Waals surface area contributed by atoms with Gasteiger partial charge >= 0.3 is 5.97 Å². The molecule has 4 nitrogen and oxygen atoms in total. The van der Waals surface area contributed by atoms with Crippen molar-refractivity contribution in [2.45, 2.75) is 64.7 Å². The second kappa shape index (κ2) is 10.4. The van der Waals surface area contributed by atoms with Crippen molar-refractivity contribution in [3.05, 3.63) is 35.9 Å². The Hall–Kier alpha value is -1.39. The molecule has 0 saturated heterocycles. The average molecular weight is 307 g/mol. The van der Waals surface area contributed by atoms with E-state index in [-0.39, 0.29) is 18.2 Å². The topological polar surface area (TPSA) is 61.5 Å². The Morgan fingerprint density at radius 3 is 2.45 bits per heavy atom. The Morgan fingerprint density at radius 2 is 1.86 bits per heavy atom. The molecule has 1 aromatic carbocycles. The first-order valence-electron chi connectivity index (χ1n) is 8.16. The molecule has 124 valence electrons. The quantitative estimate of drug-likeness (QED) is 0.533. The smallest absolute Gasteiger partial charge is 0.322 e. The summed E-state index contributed by atoms with van der Waals surface area (Å²) in [6.07, 6.45) is 3.50. The SMILES string of the molecule is CCCCCO[C@@H](C)[C@@H](Cc1ccccc1)OC(=O)[C@H](C)N. The molecule has 0 unspecified atom stereocenters. The van der Waals surface area contributed by atoms with Gasteiger partial charge in [0, 0.05) is 13.0 Å². The highest BCUT2D eigenvalue weighted by Crippen LogP contribution is 2.13. The van der Waals surface area contributed by atoms with E-state index in [4.69, 9.17) is 15.2 Å². The van der Waals surface area contributed by atoms with Gasteiger partial charge < -0.3 is 15.2 Å². The summed E-state index contributed by atoms with van der Waals surface area (Å²) < 4.78 is 11.4. The van der Waals surface area contributed by atoms with Crippen LogP contribution in [0.5, 0.6) is 0 Å². The fourth-order valence-corrected chi connectivity index (χ4v) is 2.13. The third-order valence-electron chi connectivity index (χ3n) is 3.57. The number of benzene rings is 1. The fourth-order valence-electron chi connectivity index (χ4n) is 2.13. The normalized spacial score (nSPS) is 15.1. The molecular formula is C18H29NO3. The molecule has 2 N–H and O–H groups in total. The molecule has 0 aliphatic heterocycles. The summed E-state index contributed by atoms with van der Waals surface area (Å²) >= 11 is 0. The van der Waals surface area contributed by atoms with Crippen molar-refractivity contribution in [1.29, 1.82) is 0 Å². The molecule has 3 atom stereocenters. The Balaban J connectivity index is 2.62. The van der Waals surface area contributed by atoms with Gasteiger partial charge in [-0.1, -0.05) is 50.1 Å². The first-order valence-corrected chi connectivity index (χ1v) is 8.16. The van der Waals surface area contributed by atoms with Gasteiger partial charge in [0.1, 0.15) is 12.1 Å². The summed E-state index contributed by atoms with van der Waals surface area (Å²) in [6, 6.07) is 9.36. The second-order valence-corrected chi connectivity index (χ2v) is 5.74. The largest absolute Gasteiger partial charge is 0.458 e. The van der Waals surface area contributed by atoms with Crippen LogP contribution in [0.15, 0.2) is 30.3 Å². The molecule has 0 aromatic heterocycles. The summed E-state index contributed by atoms with van der Waals surface area (Å²) in [7, 11) is 0. The Kier molecular flexibility index (Phi) is 8.78. The number of carbonyl (C=O) groups is 1. The lowest BCUT2D eigenvalue weighted by molar-refractivity contribution is -0.158. The first-order chi connectivity index (χ1) is 10.5. The van der Waals surface area contributed by atoms with Crippen molar-refractivity contribution >= 4 is 5.97 Å². The third kappa shape index (κ3) is 7.05. The van der Waals surface area contributed by atoms with Crippen molar-refractivity contribution in [3.8, 4) is 0 Å². The van der Waals surface area contributed by atoms with Crippen molar-refractivity contribution in [1.82, 2.24) is 0 Å². The van der Waals surface area contributed by atoms with Crippen molar-refractivity contribution in [2.24, 2.45) is 5.73 Å². The van der Waals surface area contributed by atoms with Crippen LogP contribution < -0.4 is 5.73 Å². The van der Waals surface area contributed by atoms with E-state index in [2.05, 4.69) is 6.92 Å². The zero-order valence-electron chi connectivity index (χ0n) is 14.0. The maximum atomic E-state index is 11.8. The van der Waals surface area contributed by atoms with E-state index in [9.17, 15) is 4.79 Å². The molecular weight excluding hydrogens is 278 g/mol. The average Bonchev–Trinajstić information content (AvgIpc) is 2.51. The first kappa shape index (κ1) is 18.7. The van der Waals surface area contributed by atoms with Crippen LogP contribution in [0, 0.1) is 0 Å². The van der Waals surface area contributed by atoms with E-state index in [0.29, 0.717) is 13.0 Å². The molecule has 0 radical (unpaired) electrons. The Labute approximate surface area is 134 Å². The maximum Gasteiger partial charge on any atom is 0.322 e. The van der Waals surface area contributed by atoms with Crippen LogP contribution in [0.25, 0.3) is 0 Å². The van der Waals surface area contributed by atoms with Crippen LogP contribution >= 0.6 is 0 Å². The zero-order chi connectivity index (χ0) is 16.4. The molecule has 4 heteroatoms. The van der Waals surface area contributed by atoms with E-state index in [1.807, 2.05) is 37.3 Å². The molecule has 0 aliphatic carbocycles. The molecule has 1 rings (SSSR count). The monoisotopic (exact) mass is 307 g/mol. The molecule has 22 heavy (non-hydrogen) atoms. The van der Waals surface area contributed by atoms with Crippen LogP contribution in [-0.4, -0.2) is 30.8 Å². The molecule has 0 amide bonds. The fraction of sp³-hybridized carbons (Fsp3) is 0.611. The molecule has 0 fully saturated rings. The minimum Gasteiger partial charge on any atom is -0.458 e. The van der Waals surface area contributed by atoms with Crippen molar-refractivity contribution in [3.63, 3.8) is 0 Å². The van der Waals surface area contributed by atoms with Gasteiger partial charge in [0.25, 0.3) is 0 Å². The molecule has 0 spiro atoms. The van der Waals surface area contributed by atoms with Crippen LogP contribution in [0.1, 0.15) is 45.6 Å². The van der Waals surface area contributed by atoms with Gasteiger partial charge in [-0.05, 0) is 25.8 Å². The summed E-state index contributed by atoms with van der Waals surface area (Å²) in [5.41, 5.74) is 6.72. The van der Waals surface area contributed by atoms with Gasteiger partial charge in [-0.15, -0.1) is 0 Å². The highest BCUT2D eigenvalue weighted by atomic mass is 16.6. The number of hydrogen-bond donors (Lipinski definition) is 1. The van der Waals surface area contributed by atoms with E-state index >= 15 is 0 Å². The van der Waals surface area contributed by atoms with Crippen LogP contribution in [-0.2, 0) is 20.7 Å². The van der Waals surface area contributed by atoms with E-state index < -0.39 is 6.04 Å². The van der Waals surface area contributed by atoms with Gasteiger partial charge in [0.2, 0.25) is 0 Å². The van der Waals surface area contributed by atoms with E-state index in [1.54, 1.807) is 6.92 Å². The van der Waals surface area contributed by atoms with Gasteiger partial charge in [-0.3, -0.25) is 4.79 Å². The van der Waals surface area contributed by atoms with Gasteiger partial charge in [-0.25, -0.2) is 0 Å². The molecule has 0 bridgehead atoms. The molecule has 0 aliphatic rings. The van der Waals surface area contributed by atoms with Gasteiger partial charge in [-0.2, -0.15) is 0 Å². The number of rotatable bonds is 10. The third-order valence-corrected chi connectivity index (χ3v) is 3.57. The van der Waals surface area contributed by atoms with Crippen LogP contribution in [0.4, 0.5) is 0 Å². The van der Waals surface area contributed by atoms with E-state index in [0.717, 1.165) is 24.8 Å². The number of ether oxygens (including phenoxy) is 2. The summed E-state index contributed by atoms with van der Waals surface area (Å²) in [4.78, 5) is 11.8. The van der Waals surface area contributed by atoms with Crippen molar-refractivity contribution in [2.75, 3.05) is 6.61 Å². The lowest BCUT2D eigenvalue weighted by atomic mass is 10.0. The van der Waals surface area contributed by atoms with Gasteiger partial charge in [0.15, 0.2) is 0 Å². The van der Waals surface area contributed by atoms with E-state index in [1.165, 1.54) is 0 Å². The minimum atomic E-state index is -0.620. The number of esters is 1. The van der Waals surface area contributed by atoms with Crippen LogP contribution in [0.2, 0.25) is 0 Å². The maximum absolute atomic E-state index is 11.8. The number of hydrogen-bond acceptors (Lipinski definition) is 4. The standard InChI is InChI=1S/C18H29NO3/c1-4-5-9-12-21-15(3)17(22-18(20)14(2)19)13-16-10-7-6-8-11-16/h6-8,10-11,14-15,17H,4-5,9,12-13,19H2,1-3H3/t14-,15-,17+/m0/s1. The Bertz CT molecular complexity index is 420. The lowest BCUT2D eigenvalue weighted by Crippen LogP contribution is -2.38. The molecule has 0 heterocycles. The molecule has 1 aromatic rings. The number of carbonyl (C=O) groups excluding carboxylic acids is 1. The summed E-state index contributed by atoms with van der Waals surface area (Å²) in [5, 5.41) is 0. The number of unbranched alkanes of at least 4 members (excludes halogenated alkanes) is 2. The van der Waals surface area contributed by atoms with Crippen molar-refractivity contribution < 1.29 is 14.3 Å². The summed E-state index contributed by atoms with van der Waals surface area (Å²) in [6.45, 7) is 6.44. The van der Waals surface area contributed by atoms with Gasteiger partial charge in [0.05, 0.1) is 6.10 Å².